The van der Waals surface area contributed by atoms with Crippen LogP contribution in [0.3, 0.4) is 0 Å². The van der Waals surface area contributed by atoms with E-state index in [0.717, 1.165) is 5.56 Å². The number of aliphatic hydroxyl groups is 2. The molecule has 0 aromatic carbocycles. The van der Waals surface area contributed by atoms with Crippen molar-refractivity contribution in [3.05, 3.63) is 29.6 Å². The Morgan fingerprint density at radius 3 is 2.83 bits per heavy atom. The zero-order chi connectivity index (χ0) is 8.97. The Balaban J connectivity index is 2.86. The molecule has 1 rings (SSSR count). The number of aliphatic hydroxyl groups excluding tert-OH is 2. The molecule has 0 bridgehead atoms. The van der Waals surface area contributed by atoms with Gasteiger partial charge in [-0.15, -0.1) is 0 Å². The molecule has 1 unspecified atom stereocenters. The molecule has 4 nitrogen and oxygen atoms in total. The summed E-state index contributed by atoms with van der Waals surface area (Å²) in [7, 11) is 0. The van der Waals surface area contributed by atoms with Gasteiger partial charge in [-0.2, -0.15) is 0 Å². The van der Waals surface area contributed by atoms with E-state index in [1.165, 1.54) is 0 Å². The summed E-state index contributed by atoms with van der Waals surface area (Å²) in [4.78, 5) is 3.96. The Bertz CT molecular complexity index is 253. The van der Waals surface area contributed by atoms with Crippen molar-refractivity contribution >= 4 is 0 Å². The summed E-state index contributed by atoms with van der Waals surface area (Å²) in [5, 5.41) is 17.5. The monoisotopic (exact) mass is 168 g/mol. The molecule has 4 N–H and O–H groups in total. The van der Waals surface area contributed by atoms with Gasteiger partial charge in [0.2, 0.25) is 0 Å². The first-order valence-corrected chi connectivity index (χ1v) is 3.70. The van der Waals surface area contributed by atoms with Crippen molar-refractivity contribution in [3.63, 3.8) is 0 Å². The Kier molecular flexibility index (Phi) is 3.16. The number of rotatable bonds is 3. The Morgan fingerprint density at radius 2 is 2.25 bits per heavy atom. The molecule has 1 aromatic heterocycles. The third kappa shape index (κ3) is 2.01. The van der Waals surface area contributed by atoms with Crippen LogP contribution in [0.5, 0.6) is 0 Å². The molecule has 1 atom stereocenters. The molecule has 1 aromatic rings. The first-order chi connectivity index (χ1) is 5.77. The van der Waals surface area contributed by atoms with E-state index in [-0.39, 0.29) is 13.2 Å². The number of nitrogens with zero attached hydrogens (tertiary/aromatic N) is 1. The maximum atomic E-state index is 8.79. The SMILES string of the molecule is NC(CO)c1cc(CO)ccn1. The lowest BCUT2D eigenvalue weighted by atomic mass is 10.1. The van der Waals surface area contributed by atoms with Gasteiger partial charge in [-0.3, -0.25) is 4.98 Å². The fraction of sp³-hybridized carbons (Fsp3) is 0.375. The summed E-state index contributed by atoms with van der Waals surface area (Å²) in [5.74, 6) is 0. The second-order valence-electron chi connectivity index (χ2n) is 2.54. The van der Waals surface area contributed by atoms with Crippen LogP contribution in [0.2, 0.25) is 0 Å². The highest BCUT2D eigenvalue weighted by atomic mass is 16.3. The molecule has 0 aliphatic rings. The van der Waals surface area contributed by atoms with Gasteiger partial charge in [0.05, 0.1) is 24.9 Å². The van der Waals surface area contributed by atoms with Crippen LogP contribution in [0.4, 0.5) is 0 Å². The lowest BCUT2D eigenvalue weighted by molar-refractivity contribution is 0.264. The molecule has 4 heteroatoms. The van der Waals surface area contributed by atoms with Crippen molar-refractivity contribution in [3.8, 4) is 0 Å². The highest BCUT2D eigenvalue weighted by Gasteiger charge is 2.05. The van der Waals surface area contributed by atoms with E-state index < -0.39 is 6.04 Å². The van der Waals surface area contributed by atoms with Crippen LogP contribution in [0.15, 0.2) is 18.3 Å². The molecule has 0 aliphatic carbocycles. The van der Waals surface area contributed by atoms with Gasteiger partial charge in [-0.25, -0.2) is 0 Å². The number of pyridine rings is 1. The van der Waals surface area contributed by atoms with E-state index in [2.05, 4.69) is 4.98 Å². The maximum Gasteiger partial charge on any atom is 0.0705 e. The minimum Gasteiger partial charge on any atom is -0.394 e. The van der Waals surface area contributed by atoms with Crippen LogP contribution >= 0.6 is 0 Å². The second kappa shape index (κ2) is 4.15. The quantitative estimate of drug-likeness (QED) is 0.572. The van der Waals surface area contributed by atoms with E-state index in [9.17, 15) is 0 Å². The highest BCUT2D eigenvalue weighted by Crippen LogP contribution is 2.08. The second-order valence-corrected chi connectivity index (χ2v) is 2.54. The fourth-order valence-corrected chi connectivity index (χ4v) is 0.889. The van der Waals surface area contributed by atoms with E-state index >= 15 is 0 Å². The molecule has 0 fully saturated rings. The van der Waals surface area contributed by atoms with E-state index in [4.69, 9.17) is 15.9 Å². The largest absolute Gasteiger partial charge is 0.394 e. The van der Waals surface area contributed by atoms with Crippen LogP contribution < -0.4 is 5.73 Å². The van der Waals surface area contributed by atoms with Crippen LogP contribution in [0, 0.1) is 0 Å². The minimum absolute atomic E-state index is 0.0341. The van der Waals surface area contributed by atoms with E-state index in [0.29, 0.717) is 5.69 Å². The zero-order valence-electron chi connectivity index (χ0n) is 6.64. The van der Waals surface area contributed by atoms with Gasteiger partial charge in [-0.05, 0) is 17.7 Å². The van der Waals surface area contributed by atoms with E-state index in [1.807, 2.05) is 0 Å². The van der Waals surface area contributed by atoms with Gasteiger partial charge in [0.25, 0.3) is 0 Å². The first-order valence-electron chi connectivity index (χ1n) is 3.70. The summed E-state index contributed by atoms with van der Waals surface area (Å²) < 4.78 is 0. The van der Waals surface area contributed by atoms with Crippen molar-refractivity contribution in [1.29, 1.82) is 0 Å². The molecule has 0 saturated carbocycles. The average Bonchev–Trinajstić information content (AvgIpc) is 2.17. The van der Waals surface area contributed by atoms with Gasteiger partial charge in [0, 0.05) is 6.20 Å². The van der Waals surface area contributed by atoms with Gasteiger partial charge in [0.1, 0.15) is 0 Å². The molecule has 0 saturated heterocycles. The number of hydrogen-bond acceptors (Lipinski definition) is 4. The summed E-state index contributed by atoms with van der Waals surface area (Å²) in [6.45, 7) is -0.171. The molecule has 0 aliphatic heterocycles. The smallest absolute Gasteiger partial charge is 0.0705 e. The lowest BCUT2D eigenvalue weighted by Crippen LogP contribution is -2.16. The van der Waals surface area contributed by atoms with Gasteiger partial charge in [0.15, 0.2) is 0 Å². The summed E-state index contributed by atoms with van der Waals surface area (Å²) in [5.41, 5.74) is 6.88. The number of nitrogens with two attached hydrogens (primary N) is 1. The van der Waals surface area contributed by atoms with Crippen molar-refractivity contribution in [2.45, 2.75) is 12.6 Å². The zero-order valence-corrected chi connectivity index (χ0v) is 6.64. The first kappa shape index (κ1) is 9.12. The summed E-state index contributed by atoms with van der Waals surface area (Å²) in [6.07, 6.45) is 1.57. The highest BCUT2D eigenvalue weighted by molar-refractivity contribution is 5.17. The predicted octanol–water partition coefficient (Wildman–Crippen LogP) is -0.434. The number of aromatic nitrogens is 1. The average molecular weight is 168 g/mol. The van der Waals surface area contributed by atoms with Crippen molar-refractivity contribution in [2.75, 3.05) is 6.61 Å². The molecule has 1 heterocycles. The molecule has 66 valence electrons. The van der Waals surface area contributed by atoms with Crippen LogP contribution in [-0.4, -0.2) is 21.8 Å². The Morgan fingerprint density at radius 1 is 1.50 bits per heavy atom. The molecule has 0 radical (unpaired) electrons. The van der Waals surface area contributed by atoms with Gasteiger partial charge in [-0.1, -0.05) is 0 Å². The number of hydrogen-bond donors (Lipinski definition) is 3. The van der Waals surface area contributed by atoms with Crippen LogP contribution in [0.1, 0.15) is 17.3 Å². The molecule has 12 heavy (non-hydrogen) atoms. The van der Waals surface area contributed by atoms with E-state index in [1.54, 1.807) is 18.3 Å². The van der Waals surface area contributed by atoms with Crippen LogP contribution in [0.25, 0.3) is 0 Å². The molecular weight excluding hydrogens is 156 g/mol. The third-order valence-electron chi connectivity index (χ3n) is 1.60. The summed E-state index contributed by atoms with van der Waals surface area (Å²) in [6, 6.07) is 2.92. The van der Waals surface area contributed by atoms with Crippen molar-refractivity contribution in [1.82, 2.24) is 4.98 Å². The van der Waals surface area contributed by atoms with Crippen LogP contribution in [-0.2, 0) is 6.61 Å². The topological polar surface area (TPSA) is 79.4 Å². The normalized spacial score (nSPS) is 12.9. The molecule has 0 amide bonds. The van der Waals surface area contributed by atoms with Crippen molar-refractivity contribution in [2.24, 2.45) is 5.73 Å². The Hall–Kier alpha value is -0.970. The molecule has 0 spiro atoms. The predicted molar refractivity (Wildman–Crippen MR) is 44.2 cm³/mol. The fourth-order valence-electron chi connectivity index (χ4n) is 0.889. The third-order valence-corrected chi connectivity index (χ3v) is 1.60. The van der Waals surface area contributed by atoms with Gasteiger partial charge < -0.3 is 15.9 Å². The Labute approximate surface area is 70.7 Å². The lowest BCUT2D eigenvalue weighted by Gasteiger charge is -2.07. The maximum absolute atomic E-state index is 8.79. The van der Waals surface area contributed by atoms with Gasteiger partial charge >= 0.3 is 0 Å². The standard InChI is InChI=1S/C8H12N2O2/c9-7(5-12)8-3-6(4-11)1-2-10-8/h1-3,7,11-12H,4-5,9H2. The minimum atomic E-state index is -0.462. The summed E-state index contributed by atoms with van der Waals surface area (Å²) >= 11 is 0. The van der Waals surface area contributed by atoms with Crippen molar-refractivity contribution < 1.29 is 10.2 Å². The molecular formula is C8H12N2O2.